The number of aromatic nitrogens is 4. The molecule has 1 saturated carbocycles. The number of anilines is 2. The molecule has 0 amide bonds. The molecular formula is C22H30N6O2S. The van der Waals surface area contributed by atoms with Gasteiger partial charge in [-0.1, -0.05) is 0 Å². The van der Waals surface area contributed by atoms with Gasteiger partial charge in [0.1, 0.15) is 16.3 Å². The molecule has 4 N–H and O–H groups in total. The molecule has 3 aromatic rings. The van der Waals surface area contributed by atoms with Crippen molar-refractivity contribution in [2.45, 2.75) is 58.6 Å². The highest BCUT2D eigenvalue weighted by atomic mass is 32.1. The third-order valence-electron chi connectivity index (χ3n) is 5.96. The lowest BCUT2D eigenvalue weighted by atomic mass is 9.89. The summed E-state index contributed by atoms with van der Waals surface area (Å²) in [6.07, 6.45) is 4.63. The zero-order chi connectivity index (χ0) is 22.2. The Morgan fingerprint density at radius 3 is 2.65 bits per heavy atom. The van der Waals surface area contributed by atoms with E-state index < -0.39 is 5.60 Å². The first-order valence-corrected chi connectivity index (χ1v) is 11.5. The van der Waals surface area contributed by atoms with Gasteiger partial charge in [0, 0.05) is 18.8 Å². The van der Waals surface area contributed by atoms with Gasteiger partial charge in [-0.25, -0.2) is 9.97 Å². The number of fused-ring (bicyclic) bond motifs is 1. The third-order valence-corrected chi connectivity index (χ3v) is 7.00. The molecular weight excluding hydrogens is 412 g/mol. The summed E-state index contributed by atoms with van der Waals surface area (Å²) in [5.41, 5.74) is 2.82. The number of hydrogen-bond acceptors (Lipinski definition) is 9. The van der Waals surface area contributed by atoms with Crippen molar-refractivity contribution in [2.75, 3.05) is 23.8 Å². The monoisotopic (exact) mass is 442 g/mol. The second kappa shape index (κ2) is 8.64. The van der Waals surface area contributed by atoms with Gasteiger partial charge in [0.25, 0.3) is 0 Å². The highest BCUT2D eigenvalue weighted by Gasteiger charge is 2.35. The first-order valence-electron chi connectivity index (χ1n) is 10.7. The van der Waals surface area contributed by atoms with Crippen LogP contribution in [0.25, 0.3) is 20.8 Å². The Kier molecular flexibility index (Phi) is 6.09. The summed E-state index contributed by atoms with van der Waals surface area (Å²) in [6, 6.07) is 2.20. The minimum atomic E-state index is -0.688. The number of nitrogens with one attached hydrogen (secondary N) is 2. The zero-order valence-corrected chi connectivity index (χ0v) is 19.3. The standard InChI is InChI=1S/C22H30N6O2S/c1-12-17(20-27-18-13(2)23-8-7-16(18)31-20)19(28-21(25-12)24-9-10-29)26-15-6-5-14(11-15)22(3,4)30/h7-8,14-15,29-30H,5-6,9-11H2,1-4H3,(H2,24,25,26,28). The summed E-state index contributed by atoms with van der Waals surface area (Å²) in [7, 11) is 0. The highest BCUT2D eigenvalue weighted by Crippen LogP contribution is 2.39. The van der Waals surface area contributed by atoms with Gasteiger partial charge in [0.2, 0.25) is 5.95 Å². The van der Waals surface area contributed by atoms with Crippen LogP contribution in [0.15, 0.2) is 12.3 Å². The van der Waals surface area contributed by atoms with Crippen LogP contribution in [-0.2, 0) is 0 Å². The number of thiazole rings is 1. The van der Waals surface area contributed by atoms with Crippen LogP contribution < -0.4 is 10.6 Å². The molecule has 3 heterocycles. The van der Waals surface area contributed by atoms with E-state index in [9.17, 15) is 5.11 Å². The quantitative estimate of drug-likeness (QED) is 0.439. The molecule has 2 unspecified atom stereocenters. The van der Waals surface area contributed by atoms with Crippen LogP contribution in [0.4, 0.5) is 11.8 Å². The summed E-state index contributed by atoms with van der Waals surface area (Å²) < 4.78 is 1.08. The van der Waals surface area contributed by atoms with Gasteiger partial charge in [-0.3, -0.25) is 4.98 Å². The Morgan fingerprint density at radius 1 is 1.16 bits per heavy atom. The number of aliphatic hydroxyl groups is 2. The molecule has 2 atom stereocenters. The summed E-state index contributed by atoms with van der Waals surface area (Å²) in [6.45, 7) is 8.08. The molecule has 0 saturated heterocycles. The minimum Gasteiger partial charge on any atom is -0.395 e. The predicted molar refractivity (Wildman–Crippen MR) is 125 cm³/mol. The van der Waals surface area contributed by atoms with Crippen LogP contribution in [0.3, 0.4) is 0 Å². The molecule has 0 radical (unpaired) electrons. The smallest absolute Gasteiger partial charge is 0.224 e. The lowest BCUT2D eigenvalue weighted by Crippen LogP contribution is -2.30. The van der Waals surface area contributed by atoms with Gasteiger partial charge in [0.05, 0.1) is 33.9 Å². The van der Waals surface area contributed by atoms with Crippen LogP contribution in [0.2, 0.25) is 0 Å². The predicted octanol–water partition coefficient (Wildman–Crippen LogP) is 3.52. The number of nitrogens with zero attached hydrogens (tertiary/aromatic N) is 4. The number of pyridine rings is 1. The molecule has 166 valence electrons. The van der Waals surface area contributed by atoms with Crippen molar-refractivity contribution >= 4 is 33.3 Å². The zero-order valence-electron chi connectivity index (χ0n) is 18.4. The van der Waals surface area contributed by atoms with E-state index in [1.807, 2.05) is 33.8 Å². The second-order valence-corrected chi connectivity index (χ2v) is 9.80. The molecule has 3 aromatic heterocycles. The van der Waals surface area contributed by atoms with E-state index >= 15 is 0 Å². The van der Waals surface area contributed by atoms with Crippen LogP contribution >= 0.6 is 11.3 Å². The maximum absolute atomic E-state index is 10.4. The molecule has 31 heavy (non-hydrogen) atoms. The van der Waals surface area contributed by atoms with Gasteiger partial charge in [-0.2, -0.15) is 4.98 Å². The van der Waals surface area contributed by atoms with Crippen molar-refractivity contribution in [2.24, 2.45) is 5.92 Å². The topological polar surface area (TPSA) is 116 Å². The summed E-state index contributed by atoms with van der Waals surface area (Å²) in [5, 5.41) is 27.1. The fourth-order valence-corrected chi connectivity index (χ4v) is 5.33. The van der Waals surface area contributed by atoms with Crippen LogP contribution in [0.5, 0.6) is 0 Å². The average molecular weight is 443 g/mol. The maximum Gasteiger partial charge on any atom is 0.224 e. The molecule has 0 spiro atoms. The van der Waals surface area contributed by atoms with Gasteiger partial charge in [-0.15, -0.1) is 11.3 Å². The van der Waals surface area contributed by atoms with Gasteiger partial charge in [0.15, 0.2) is 0 Å². The highest BCUT2D eigenvalue weighted by molar-refractivity contribution is 7.21. The van der Waals surface area contributed by atoms with Crippen molar-refractivity contribution in [1.82, 2.24) is 19.9 Å². The second-order valence-electron chi connectivity index (χ2n) is 8.77. The van der Waals surface area contributed by atoms with Gasteiger partial charge < -0.3 is 20.8 Å². The fraction of sp³-hybridized carbons (Fsp3) is 0.545. The lowest BCUT2D eigenvalue weighted by molar-refractivity contribution is 0.0197. The normalized spacial score (nSPS) is 19.2. The first-order chi connectivity index (χ1) is 14.8. The first kappa shape index (κ1) is 21.9. The van der Waals surface area contributed by atoms with E-state index in [2.05, 4.69) is 20.6 Å². The van der Waals surface area contributed by atoms with E-state index in [-0.39, 0.29) is 18.6 Å². The summed E-state index contributed by atoms with van der Waals surface area (Å²) >= 11 is 1.61. The SMILES string of the molecule is Cc1nc(NCCO)nc(NC2CCC(C(C)(C)O)C2)c1-c1nc2c(C)nccc2s1. The average Bonchev–Trinajstić information content (AvgIpc) is 3.34. The van der Waals surface area contributed by atoms with Gasteiger partial charge >= 0.3 is 0 Å². The third kappa shape index (κ3) is 4.63. The molecule has 9 heteroatoms. The molecule has 0 aliphatic heterocycles. The minimum absolute atomic E-state index is 0.00690. The fourth-order valence-electron chi connectivity index (χ4n) is 4.22. The van der Waals surface area contributed by atoms with E-state index in [0.29, 0.717) is 12.5 Å². The summed E-state index contributed by atoms with van der Waals surface area (Å²) in [5.74, 6) is 1.47. The van der Waals surface area contributed by atoms with Crippen molar-refractivity contribution in [3.8, 4) is 10.6 Å². The molecule has 0 aromatic carbocycles. The number of aryl methyl sites for hydroxylation is 2. The largest absolute Gasteiger partial charge is 0.395 e. The Hall–Kier alpha value is -2.36. The van der Waals surface area contributed by atoms with E-state index in [1.54, 1.807) is 17.5 Å². The Labute approximate surface area is 186 Å². The van der Waals surface area contributed by atoms with Crippen molar-refractivity contribution < 1.29 is 10.2 Å². The molecule has 1 aliphatic rings. The number of hydrogen-bond donors (Lipinski definition) is 4. The van der Waals surface area contributed by atoms with Crippen molar-refractivity contribution in [3.05, 3.63) is 23.7 Å². The van der Waals surface area contributed by atoms with Crippen LogP contribution in [0, 0.1) is 19.8 Å². The molecule has 0 bridgehead atoms. The van der Waals surface area contributed by atoms with Crippen LogP contribution in [-0.4, -0.2) is 54.9 Å². The van der Waals surface area contributed by atoms with E-state index in [0.717, 1.165) is 57.3 Å². The van der Waals surface area contributed by atoms with E-state index in [1.165, 1.54) is 0 Å². The lowest BCUT2D eigenvalue weighted by Gasteiger charge is -2.25. The maximum atomic E-state index is 10.4. The summed E-state index contributed by atoms with van der Waals surface area (Å²) in [4.78, 5) is 18.6. The number of aliphatic hydroxyl groups excluding tert-OH is 1. The molecule has 1 fully saturated rings. The number of rotatable bonds is 7. The van der Waals surface area contributed by atoms with Crippen molar-refractivity contribution in [1.29, 1.82) is 0 Å². The molecule has 4 rings (SSSR count). The van der Waals surface area contributed by atoms with Gasteiger partial charge in [-0.05, 0) is 58.9 Å². The Morgan fingerprint density at radius 2 is 1.97 bits per heavy atom. The Balaban J connectivity index is 1.72. The van der Waals surface area contributed by atoms with E-state index in [4.69, 9.17) is 15.1 Å². The molecule has 1 aliphatic carbocycles. The van der Waals surface area contributed by atoms with Crippen LogP contribution in [0.1, 0.15) is 44.5 Å². The molecule has 8 nitrogen and oxygen atoms in total. The Bertz CT molecular complexity index is 1080. The van der Waals surface area contributed by atoms with Crippen molar-refractivity contribution in [3.63, 3.8) is 0 Å².